The minimum Gasteiger partial charge on any atom is -0.741 e. The number of halogens is 6. The van der Waals surface area contributed by atoms with Gasteiger partial charge >= 0.3 is 27.5 Å². The Kier molecular flexibility index (Phi) is 13.1. The summed E-state index contributed by atoms with van der Waals surface area (Å²) >= 11 is 0. The van der Waals surface area contributed by atoms with Crippen molar-refractivity contribution in [1.82, 2.24) is 0 Å². The first-order chi connectivity index (χ1) is 13.0. The van der Waals surface area contributed by atoms with Gasteiger partial charge in [-0.15, -0.1) is 0 Å². The third-order valence-corrected chi connectivity index (χ3v) is 4.36. The quantitative estimate of drug-likeness (QED) is 0.167. The predicted octanol–water partition coefficient (Wildman–Crippen LogP) is 4.03. The molecule has 0 aromatic carbocycles. The molecule has 0 radical (unpaired) electrons. The van der Waals surface area contributed by atoms with E-state index in [1.54, 1.807) is 5.57 Å². The van der Waals surface area contributed by atoms with E-state index in [0.717, 1.165) is 6.42 Å². The Balaban J connectivity index is 0. The second-order valence-electron chi connectivity index (χ2n) is 5.44. The molecule has 2 aliphatic rings. The summed E-state index contributed by atoms with van der Waals surface area (Å²) in [5, 5.41) is 0. The first-order valence-electron chi connectivity index (χ1n) is 7.71. The van der Waals surface area contributed by atoms with Crippen LogP contribution in [0.15, 0.2) is 47.6 Å². The summed E-state index contributed by atoms with van der Waals surface area (Å²) in [5.41, 5.74) is -8.18. The molecule has 0 unspecified atom stereocenters. The van der Waals surface area contributed by atoms with Crippen molar-refractivity contribution in [3.63, 3.8) is 0 Å². The molecule has 30 heavy (non-hydrogen) atoms. The molecule has 0 heterocycles. The Labute approximate surface area is 179 Å². The predicted molar refractivity (Wildman–Crippen MR) is 89.0 cm³/mol. The van der Waals surface area contributed by atoms with Crippen molar-refractivity contribution in [2.75, 3.05) is 0 Å². The van der Waals surface area contributed by atoms with Crippen LogP contribution >= 0.6 is 0 Å². The van der Waals surface area contributed by atoms with Gasteiger partial charge in [-0.25, -0.2) is 16.8 Å². The Morgan fingerprint density at radius 1 is 0.733 bits per heavy atom. The fraction of sp³-hybridized carbons (Fsp3) is 0.467. The maximum atomic E-state index is 10.7. The summed E-state index contributed by atoms with van der Waals surface area (Å²) in [6, 6.07) is 0. The summed E-state index contributed by atoms with van der Waals surface area (Å²) in [4.78, 5) is 0. The van der Waals surface area contributed by atoms with Crippen molar-refractivity contribution in [3.8, 4) is 0 Å². The van der Waals surface area contributed by atoms with Crippen LogP contribution < -0.4 is 0 Å². The molecule has 0 amide bonds. The van der Waals surface area contributed by atoms with Gasteiger partial charge in [0.2, 0.25) is 0 Å². The maximum absolute atomic E-state index is 10.7. The average Bonchev–Trinajstić information content (AvgIpc) is 2.98. The van der Waals surface area contributed by atoms with Gasteiger partial charge in [0.25, 0.3) is 0 Å². The molecule has 15 heteroatoms. The van der Waals surface area contributed by atoms with E-state index in [1.165, 1.54) is 31.3 Å². The standard InChI is InChI=1S/C13H16.2CHF3O3S.Ni/c1-2-4-8-12(9-5-3-1)13-10-6-7-11-13;2*2-1(3,4)8(5,6)7;/h1-2,6-7,9-10H,3-5,8,11H2;2*(H,5,6,7);/q;;;+2/p-2. The summed E-state index contributed by atoms with van der Waals surface area (Å²) in [5.74, 6) is 0. The smallest absolute Gasteiger partial charge is 0.741 e. The van der Waals surface area contributed by atoms with Gasteiger partial charge in [0.1, 0.15) is 0 Å². The van der Waals surface area contributed by atoms with Crippen LogP contribution in [0.4, 0.5) is 26.3 Å². The van der Waals surface area contributed by atoms with Crippen LogP contribution in [-0.2, 0) is 36.7 Å². The Bertz CT molecular complexity index is 826. The summed E-state index contributed by atoms with van der Waals surface area (Å²) in [6.07, 6.45) is 19.7. The molecule has 6 nitrogen and oxygen atoms in total. The molecule has 0 spiro atoms. The van der Waals surface area contributed by atoms with E-state index in [9.17, 15) is 26.3 Å². The van der Waals surface area contributed by atoms with Crippen LogP contribution in [0.25, 0.3) is 0 Å². The zero-order valence-corrected chi connectivity index (χ0v) is 17.5. The van der Waals surface area contributed by atoms with Crippen molar-refractivity contribution in [3.05, 3.63) is 47.6 Å². The number of hydrogen-bond acceptors (Lipinski definition) is 6. The average molecular weight is 529 g/mol. The molecule has 176 valence electrons. The van der Waals surface area contributed by atoms with Crippen molar-refractivity contribution in [2.45, 2.75) is 43.1 Å². The molecule has 0 N–H and O–H groups in total. The molecule has 2 aliphatic carbocycles. The number of rotatable bonds is 1. The summed E-state index contributed by atoms with van der Waals surface area (Å²) < 4.78 is 118. The zero-order chi connectivity index (χ0) is 22.9. The molecule has 0 saturated heterocycles. The number of hydrogen-bond donors (Lipinski definition) is 0. The van der Waals surface area contributed by atoms with E-state index in [4.69, 9.17) is 25.9 Å². The van der Waals surface area contributed by atoms with Crippen LogP contribution in [0.1, 0.15) is 32.1 Å². The molecular formula is C15H16F6NiO6S2. The minimum absolute atomic E-state index is 0. The van der Waals surface area contributed by atoms with Gasteiger partial charge < -0.3 is 9.11 Å². The molecule has 0 atom stereocenters. The zero-order valence-electron chi connectivity index (χ0n) is 14.8. The number of allylic oxidation sites excluding steroid dienone is 8. The largest absolute Gasteiger partial charge is 2.00 e. The van der Waals surface area contributed by atoms with Crippen molar-refractivity contribution < 1.29 is 68.8 Å². The fourth-order valence-corrected chi connectivity index (χ4v) is 1.91. The third-order valence-electron chi connectivity index (χ3n) is 3.22. The third kappa shape index (κ3) is 12.5. The minimum atomic E-state index is -6.09. The molecule has 0 aromatic rings. The molecule has 0 aliphatic heterocycles. The van der Waals surface area contributed by atoms with E-state index < -0.39 is 31.3 Å². The SMILES string of the molecule is C1=CCC(C2=CCCC=CCC2)=C1.O=S(=O)([O-])C(F)(F)F.O=S(=O)([O-])C(F)(F)F.[Ni+2]. The topological polar surface area (TPSA) is 114 Å². The second kappa shape index (κ2) is 12.6. The van der Waals surface area contributed by atoms with Crippen LogP contribution in [0.2, 0.25) is 0 Å². The number of alkyl halides is 6. The van der Waals surface area contributed by atoms with E-state index in [1.807, 2.05) is 0 Å². The van der Waals surface area contributed by atoms with Crippen LogP contribution in [0, 0.1) is 0 Å². The Morgan fingerprint density at radius 2 is 1.17 bits per heavy atom. The molecule has 0 saturated carbocycles. The van der Waals surface area contributed by atoms with E-state index in [-0.39, 0.29) is 16.5 Å². The molecule has 2 rings (SSSR count). The monoisotopic (exact) mass is 528 g/mol. The van der Waals surface area contributed by atoms with Crippen molar-refractivity contribution in [2.24, 2.45) is 0 Å². The van der Waals surface area contributed by atoms with Gasteiger partial charge in [0.15, 0.2) is 20.2 Å². The van der Waals surface area contributed by atoms with Gasteiger partial charge in [-0.05, 0) is 43.3 Å². The van der Waals surface area contributed by atoms with E-state index >= 15 is 0 Å². The molecule has 0 bridgehead atoms. The maximum Gasteiger partial charge on any atom is 2.00 e. The fourth-order valence-electron chi connectivity index (χ4n) is 1.91. The van der Waals surface area contributed by atoms with Gasteiger partial charge in [-0.1, -0.05) is 36.5 Å². The Hall–Kier alpha value is -1.15. The molecule has 0 fully saturated rings. The van der Waals surface area contributed by atoms with E-state index in [0.29, 0.717) is 0 Å². The summed E-state index contributed by atoms with van der Waals surface area (Å²) in [6.45, 7) is 0. The van der Waals surface area contributed by atoms with Crippen molar-refractivity contribution >= 4 is 20.2 Å². The van der Waals surface area contributed by atoms with Crippen LogP contribution in [0.5, 0.6) is 0 Å². The Morgan fingerprint density at radius 3 is 1.53 bits per heavy atom. The molecule has 0 aromatic heterocycles. The van der Waals surface area contributed by atoms with Crippen molar-refractivity contribution in [1.29, 1.82) is 0 Å². The van der Waals surface area contributed by atoms with Gasteiger partial charge in [0, 0.05) is 0 Å². The van der Waals surface area contributed by atoms with Gasteiger partial charge in [-0.3, -0.25) is 0 Å². The first kappa shape index (κ1) is 31.0. The van der Waals surface area contributed by atoms with E-state index in [2.05, 4.69) is 36.5 Å². The second-order valence-corrected chi connectivity index (χ2v) is 8.18. The van der Waals surface area contributed by atoms with Gasteiger partial charge in [-0.2, -0.15) is 26.3 Å². The normalized spacial score (nSPS) is 17.1. The van der Waals surface area contributed by atoms with Crippen LogP contribution in [-0.4, -0.2) is 37.0 Å². The van der Waals surface area contributed by atoms with Gasteiger partial charge in [0.05, 0.1) is 0 Å². The summed E-state index contributed by atoms with van der Waals surface area (Å²) in [7, 11) is -12.2. The first-order valence-corrected chi connectivity index (χ1v) is 10.5. The molecular weight excluding hydrogens is 513 g/mol. The van der Waals surface area contributed by atoms with Crippen LogP contribution in [0.3, 0.4) is 0 Å².